The molecule has 0 radical (unpaired) electrons. The van der Waals surface area contributed by atoms with Crippen molar-refractivity contribution in [3.8, 4) is 0 Å². The van der Waals surface area contributed by atoms with Crippen LogP contribution in [0.15, 0.2) is 36.9 Å². The van der Waals surface area contributed by atoms with Crippen LogP contribution in [0.2, 0.25) is 0 Å². The summed E-state index contributed by atoms with van der Waals surface area (Å²) >= 11 is 0. The first-order valence-electron chi connectivity index (χ1n) is 5.76. The lowest BCUT2D eigenvalue weighted by Crippen LogP contribution is -2.07. The standard InChI is InChI=1S/C8H10.C6H12O2S/c1-7-4-3-5-8(2)6-7;1-3-5-9(7,8)6-4-2/h3-6H,1-2H3;3H,1,4-6H2,2H3. The van der Waals surface area contributed by atoms with Gasteiger partial charge in [-0.3, -0.25) is 0 Å². The monoisotopic (exact) mass is 254 g/mol. The van der Waals surface area contributed by atoms with E-state index in [1.54, 1.807) is 0 Å². The Morgan fingerprint density at radius 3 is 2.06 bits per heavy atom. The van der Waals surface area contributed by atoms with Gasteiger partial charge in [-0.15, -0.1) is 6.58 Å². The van der Waals surface area contributed by atoms with E-state index in [4.69, 9.17) is 0 Å². The van der Waals surface area contributed by atoms with Crippen LogP contribution in [0.25, 0.3) is 0 Å². The molecule has 0 amide bonds. The molecule has 2 nitrogen and oxygen atoms in total. The molecule has 96 valence electrons. The van der Waals surface area contributed by atoms with E-state index in [2.05, 4.69) is 44.7 Å². The van der Waals surface area contributed by atoms with Gasteiger partial charge in [0.05, 0.1) is 11.5 Å². The van der Waals surface area contributed by atoms with E-state index in [1.165, 1.54) is 17.2 Å². The number of hydrogen-bond acceptors (Lipinski definition) is 2. The molecule has 0 bridgehead atoms. The highest BCUT2D eigenvalue weighted by molar-refractivity contribution is 7.91. The summed E-state index contributed by atoms with van der Waals surface area (Å²) in [6.45, 7) is 9.41. The minimum atomic E-state index is -2.80. The minimum Gasteiger partial charge on any atom is -0.229 e. The van der Waals surface area contributed by atoms with Crippen molar-refractivity contribution in [1.82, 2.24) is 0 Å². The molecule has 17 heavy (non-hydrogen) atoms. The molecule has 3 heteroatoms. The Kier molecular flexibility index (Phi) is 7.55. The maximum absolute atomic E-state index is 10.8. The van der Waals surface area contributed by atoms with Crippen molar-refractivity contribution < 1.29 is 8.42 Å². The van der Waals surface area contributed by atoms with Gasteiger partial charge in [-0.1, -0.05) is 48.4 Å². The third-order valence-corrected chi connectivity index (χ3v) is 3.83. The highest BCUT2D eigenvalue weighted by Crippen LogP contribution is 2.00. The van der Waals surface area contributed by atoms with Gasteiger partial charge in [0.25, 0.3) is 0 Å². The molecule has 0 aliphatic carbocycles. The average molecular weight is 254 g/mol. The highest BCUT2D eigenvalue weighted by Gasteiger charge is 2.04. The Morgan fingerprint density at radius 1 is 1.24 bits per heavy atom. The topological polar surface area (TPSA) is 34.1 Å². The molecule has 1 aromatic rings. The fraction of sp³-hybridized carbons (Fsp3) is 0.429. The molecule has 0 unspecified atom stereocenters. The zero-order valence-electron chi connectivity index (χ0n) is 10.9. The van der Waals surface area contributed by atoms with Crippen LogP contribution in [-0.4, -0.2) is 19.9 Å². The van der Waals surface area contributed by atoms with Crippen LogP contribution in [0.1, 0.15) is 24.5 Å². The van der Waals surface area contributed by atoms with Crippen molar-refractivity contribution in [3.05, 3.63) is 48.0 Å². The molecule has 0 atom stereocenters. The van der Waals surface area contributed by atoms with Gasteiger partial charge < -0.3 is 0 Å². The molecule has 1 aromatic carbocycles. The van der Waals surface area contributed by atoms with Crippen molar-refractivity contribution in [3.63, 3.8) is 0 Å². The summed E-state index contributed by atoms with van der Waals surface area (Å²) in [6.07, 6.45) is 2.11. The molecule has 0 saturated heterocycles. The van der Waals surface area contributed by atoms with E-state index in [0.717, 1.165) is 0 Å². The van der Waals surface area contributed by atoms with Gasteiger partial charge >= 0.3 is 0 Å². The number of sulfone groups is 1. The van der Waals surface area contributed by atoms with Gasteiger partial charge in [0, 0.05) is 0 Å². The molecular weight excluding hydrogens is 232 g/mol. The van der Waals surface area contributed by atoms with Crippen LogP contribution in [0.3, 0.4) is 0 Å². The van der Waals surface area contributed by atoms with E-state index in [9.17, 15) is 8.42 Å². The number of rotatable bonds is 4. The first-order chi connectivity index (χ1) is 7.91. The van der Waals surface area contributed by atoms with Crippen LogP contribution >= 0.6 is 0 Å². The van der Waals surface area contributed by atoms with Crippen molar-refractivity contribution in [2.75, 3.05) is 11.5 Å². The van der Waals surface area contributed by atoms with E-state index < -0.39 is 9.84 Å². The van der Waals surface area contributed by atoms with Gasteiger partial charge in [-0.25, -0.2) is 8.42 Å². The molecule has 0 aliphatic rings. The van der Waals surface area contributed by atoms with E-state index in [-0.39, 0.29) is 11.5 Å². The van der Waals surface area contributed by atoms with Gasteiger partial charge in [-0.2, -0.15) is 0 Å². The molecule has 0 N–H and O–H groups in total. The summed E-state index contributed by atoms with van der Waals surface area (Å²) in [5.41, 5.74) is 2.68. The molecule has 0 spiro atoms. The third kappa shape index (κ3) is 8.69. The molecule has 0 aliphatic heterocycles. The van der Waals surface area contributed by atoms with Crippen LogP contribution in [0, 0.1) is 13.8 Å². The third-order valence-electron chi connectivity index (χ3n) is 2.06. The quantitative estimate of drug-likeness (QED) is 0.773. The van der Waals surface area contributed by atoms with Gasteiger partial charge in [0.2, 0.25) is 0 Å². The van der Waals surface area contributed by atoms with Gasteiger partial charge in [0.1, 0.15) is 0 Å². The molecular formula is C14H22O2S. The summed E-state index contributed by atoms with van der Waals surface area (Å²) in [5.74, 6) is 0.389. The Balaban J connectivity index is 0.000000302. The van der Waals surface area contributed by atoms with Crippen molar-refractivity contribution in [1.29, 1.82) is 0 Å². The van der Waals surface area contributed by atoms with Crippen molar-refractivity contribution in [2.24, 2.45) is 0 Å². The number of benzene rings is 1. The largest absolute Gasteiger partial charge is 0.229 e. The van der Waals surface area contributed by atoms with E-state index in [1.807, 2.05) is 6.92 Å². The predicted molar refractivity (Wildman–Crippen MR) is 75.1 cm³/mol. The summed E-state index contributed by atoms with van der Waals surface area (Å²) in [5, 5.41) is 0. The molecule has 0 heterocycles. The van der Waals surface area contributed by atoms with Crippen LogP contribution in [-0.2, 0) is 9.84 Å². The van der Waals surface area contributed by atoms with Crippen molar-refractivity contribution in [2.45, 2.75) is 27.2 Å². The summed E-state index contributed by atoms with van der Waals surface area (Å²) < 4.78 is 21.5. The van der Waals surface area contributed by atoms with E-state index in [0.29, 0.717) is 6.42 Å². The second kappa shape index (κ2) is 8.07. The second-order valence-electron chi connectivity index (χ2n) is 4.06. The molecule has 0 aromatic heterocycles. The Hall–Kier alpha value is -1.09. The number of aryl methyl sites for hydroxylation is 2. The first kappa shape index (κ1) is 15.9. The van der Waals surface area contributed by atoms with Crippen LogP contribution < -0.4 is 0 Å². The minimum absolute atomic E-state index is 0.112. The van der Waals surface area contributed by atoms with Crippen molar-refractivity contribution >= 4 is 9.84 Å². The number of hydrogen-bond donors (Lipinski definition) is 0. The Bertz CT molecular complexity index is 416. The fourth-order valence-corrected chi connectivity index (χ4v) is 2.53. The zero-order valence-corrected chi connectivity index (χ0v) is 11.8. The summed E-state index contributed by atoms with van der Waals surface area (Å²) in [6, 6.07) is 8.45. The Labute approximate surface area is 105 Å². The second-order valence-corrected chi connectivity index (χ2v) is 6.29. The zero-order chi connectivity index (χ0) is 13.3. The lowest BCUT2D eigenvalue weighted by Gasteiger charge is -1.94. The average Bonchev–Trinajstić information content (AvgIpc) is 2.17. The van der Waals surface area contributed by atoms with Gasteiger partial charge in [-0.05, 0) is 20.3 Å². The summed E-state index contributed by atoms with van der Waals surface area (Å²) in [7, 11) is -2.80. The summed E-state index contributed by atoms with van der Waals surface area (Å²) in [4.78, 5) is 0. The maximum Gasteiger partial charge on any atom is 0.153 e. The first-order valence-corrected chi connectivity index (χ1v) is 7.58. The predicted octanol–water partition coefficient (Wildman–Crippen LogP) is 3.30. The Morgan fingerprint density at radius 2 is 1.76 bits per heavy atom. The molecule has 0 saturated carbocycles. The fourth-order valence-electron chi connectivity index (χ4n) is 1.38. The van der Waals surface area contributed by atoms with Gasteiger partial charge in [0.15, 0.2) is 9.84 Å². The van der Waals surface area contributed by atoms with Crippen LogP contribution in [0.4, 0.5) is 0 Å². The smallest absolute Gasteiger partial charge is 0.153 e. The lowest BCUT2D eigenvalue weighted by molar-refractivity contribution is 0.597. The maximum atomic E-state index is 10.8. The highest BCUT2D eigenvalue weighted by atomic mass is 32.2. The molecule has 1 rings (SSSR count). The van der Waals surface area contributed by atoms with E-state index >= 15 is 0 Å². The normalized spacial score (nSPS) is 10.3. The SMILES string of the molecule is C=CCS(=O)(=O)CCC.Cc1cccc(C)c1. The molecule has 0 fully saturated rings. The lowest BCUT2D eigenvalue weighted by atomic mass is 10.2. The van der Waals surface area contributed by atoms with Crippen LogP contribution in [0.5, 0.6) is 0 Å².